The van der Waals surface area contributed by atoms with Crippen LogP contribution in [0.4, 0.5) is 23.7 Å². The molecule has 110 valence electrons. The van der Waals surface area contributed by atoms with Crippen LogP contribution in [0.1, 0.15) is 0 Å². The smallest absolute Gasteiger partial charge is 0.465 e. The van der Waals surface area contributed by atoms with Crippen molar-refractivity contribution in [2.45, 2.75) is 6.36 Å². The fraction of sp³-hybridized carbons (Fsp3) is 0.0769. The summed E-state index contributed by atoms with van der Waals surface area (Å²) in [5.74, 6) is -0.426. The number of benzene rings is 1. The lowest BCUT2D eigenvalue weighted by atomic mass is 10.0. The van der Waals surface area contributed by atoms with Crippen molar-refractivity contribution in [2.75, 3.05) is 5.32 Å². The number of nitrogens with zero attached hydrogens (tertiary/aromatic N) is 1. The fourth-order valence-corrected chi connectivity index (χ4v) is 1.75. The first-order valence-corrected chi connectivity index (χ1v) is 5.66. The van der Waals surface area contributed by atoms with E-state index in [0.717, 1.165) is 6.07 Å². The van der Waals surface area contributed by atoms with Crippen molar-refractivity contribution in [2.24, 2.45) is 0 Å². The molecule has 1 aromatic carbocycles. The molecule has 5 nitrogen and oxygen atoms in total. The molecule has 1 heterocycles. The molecule has 0 aliphatic rings. The number of halogens is 3. The molecule has 2 N–H and O–H groups in total. The van der Waals surface area contributed by atoms with Gasteiger partial charge < -0.3 is 9.84 Å². The number of para-hydroxylation sites is 1. The molecule has 0 aliphatic carbocycles. The summed E-state index contributed by atoms with van der Waals surface area (Å²) in [7, 11) is 0. The van der Waals surface area contributed by atoms with Crippen LogP contribution in [0.5, 0.6) is 5.75 Å². The maximum Gasteiger partial charge on any atom is 0.573 e. The number of rotatable bonds is 3. The number of hydrogen-bond acceptors (Lipinski definition) is 3. The number of carbonyl (C=O) groups is 1. The molecule has 0 fully saturated rings. The Bertz CT molecular complexity index is 659. The second-order valence-corrected chi connectivity index (χ2v) is 3.90. The summed E-state index contributed by atoms with van der Waals surface area (Å²) < 4.78 is 41.2. The standard InChI is InChI=1S/C13H9F3N2O3/c14-13(15,16)21-11-4-2-1-3-9(11)8-5-6-17-7-10(8)18-12(19)20/h1-7,18H,(H,19,20). The molecule has 0 spiro atoms. The molecule has 0 saturated heterocycles. The lowest BCUT2D eigenvalue weighted by Gasteiger charge is -2.15. The van der Waals surface area contributed by atoms with E-state index in [1.54, 1.807) is 0 Å². The summed E-state index contributed by atoms with van der Waals surface area (Å²) in [6.07, 6.45) is -3.65. The quantitative estimate of drug-likeness (QED) is 0.905. The minimum Gasteiger partial charge on any atom is -0.465 e. The number of nitrogens with one attached hydrogen (secondary N) is 1. The molecule has 0 radical (unpaired) electrons. The van der Waals surface area contributed by atoms with Gasteiger partial charge in [-0.1, -0.05) is 18.2 Å². The minimum atomic E-state index is -4.84. The van der Waals surface area contributed by atoms with Gasteiger partial charge in [-0.15, -0.1) is 13.2 Å². The second-order valence-electron chi connectivity index (χ2n) is 3.90. The first kappa shape index (κ1) is 14.6. The van der Waals surface area contributed by atoms with E-state index in [2.05, 4.69) is 15.0 Å². The van der Waals surface area contributed by atoms with Gasteiger partial charge >= 0.3 is 12.5 Å². The molecule has 21 heavy (non-hydrogen) atoms. The van der Waals surface area contributed by atoms with E-state index in [9.17, 15) is 18.0 Å². The molecule has 0 saturated carbocycles. The van der Waals surface area contributed by atoms with Gasteiger partial charge in [0.05, 0.1) is 11.9 Å². The van der Waals surface area contributed by atoms with E-state index < -0.39 is 18.2 Å². The van der Waals surface area contributed by atoms with Crippen LogP contribution in [0.2, 0.25) is 0 Å². The highest BCUT2D eigenvalue weighted by Gasteiger charge is 2.32. The Morgan fingerprint density at radius 1 is 1.19 bits per heavy atom. The molecule has 1 amide bonds. The Balaban J connectivity index is 2.50. The number of amides is 1. The predicted octanol–water partition coefficient (Wildman–Crippen LogP) is 3.74. The van der Waals surface area contributed by atoms with Crippen molar-refractivity contribution in [1.82, 2.24) is 4.98 Å². The Hall–Kier alpha value is -2.77. The van der Waals surface area contributed by atoms with Gasteiger partial charge in [0.2, 0.25) is 0 Å². The molecule has 0 atom stereocenters. The van der Waals surface area contributed by atoms with Gasteiger partial charge in [0.25, 0.3) is 0 Å². The van der Waals surface area contributed by atoms with Gasteiger partial charge in [-0.05, 0) is 12.1 Å². The van der Waals surface area contributed by atoms with Crippen molar-refractivity contribution in [3.8, 4) is 16.9 Å². The molecular formula is C13H9F3N2O3. The Labute approximate surface area is 117 Å². The van der Waals surface area contributed by atoms with E-state index in [1.807, 2.05) is 0 Å². The number of hydrogen-bond donors (Lipinski definition) is 2. The number of aromatic nitrogens is 1. The average molecular weight is 298 g/mol. The highest BCUT2D eigenvalue weighted by atomic mass is 19.4. The van der Waals surface area contributed by atoms with Gasteiger partial charge in [-0.2, -0.15) is 0 Å². The summed E-state index contributed by atoms with van der Waals surface area (Å²) in [5.41, 5.74) is 0.386. The van der Waals surface area contributed by atoms with Gasteiger partial charge in [0, 0.05) is 17.3 Å². The van der Waals surface area contributed by atoms with Gasteiger partial charge in [-0.3, -0.25) is 10.3 Å². The van der Waals surface area contributed by atoms with E-state index in [-0.39, 0.29) is 16.8 Å². The molecule has 1 aromatic heterocycles. The lowest BCUT2D eigenvalue weighted by molar-refractivity contribution is -0.274. The molecule has 2 aromatic rings. The largest absolute Gasteiger partial charge is 0.573 e. The van der Waals surface area contributed by atoms with E-state index in [4.69, 9.17) is 5.11 Å². The second kappa shape index (κ2) is 5.70. The Kier molecular flexibility index (Phi) is 3.97. The highest BCUT2D eigenvalue weighted by molar-refractivity contribution is 5.91. The van der Waals surface area contributed by atoms with Crippen molar-refractivity contribution in [3.63, 3.8) is 0 Å². The Morgan fingerprint density at radius 2 is 1.90 bits per heavy atom. The van der Waals surface area contributed by atoms with Gasteiger partial charge in [0.1, 0.15) is 5.75 Å². The van der Waals surface area contributed by atoms with Crippen LogP contribution in [0.15, 0.2) is 42.7 Å². The van der Waals surface area contributed by atoms with Gasteiger partial charge in [0.15, 0.2) is 0 Å². The third-order valence-electron chi connectivity index (χ3n) is 2.47. The molecule has 0 bridgehead atoms. The summed E-state index contributed by atoms with van der Waals surface area (Å²) in [5, 5.41) is 10.8. The van der Waals surface area contributed by atoms with Crippen molar-refractivity contribution in [3.05, 3.63) is 42.7 Å². The number of pyridine rings is 1. The topological polar surface area (TPSA) is 71.5 Å². The molecular weight excluding hydrogens is 289 g/mol. The zero-order chi connectivity index (χ0) is 15.5. The van der Waals surface area contributed by atoms with Crippen molar-refractivity contribution in [1.29, 1.82) is 0 Å². The average Bonchev–Trinajstić information content (AvgIpc) is 2.38. The zero-order valence-corrected chi connectivity index (χ0v) is 10.4. The van der Waals surface area contributed by atoms with Crippen LogP contribution in [0, 0.1) is 0 Å². The lowest BCUT2D eigenvalue weighted by Crippen LogP contribution is -2.17. The van der Waals surface area contributed by atoms with Crippen LogP contribution >= 0.6 is 0 Å². The van der Waals surface area contributed by atoms with Crippen LogP contribution in [-0.4, -0.2) is 22.5 Å². The van der Waals surface area contributed by atoms with Gasteiger partial charge in [-0.25, -0.2) is 4.79 Å². The summed E-state index contributed by atoms with van der Waals surface area (Å²) in [6, 6.07) is 6.83. The molecule has 2 rings (SSSR count). The SMILES string of the molecule is O=C(O)Nc1cnccc1-c1ccccc1OC(F)(F)F. The number of carboxylic acid groups (broad SMARTS) is 1. The first-order valence-electron chi connectivity index (χ1n) is 5.66. The maximum atomic E-state index is 12.4. The minimum absolute atomic E-state index is 0.0585. The summed E-state index contributed by atoms with van der Waals surface area (Å²) in [4.78, 5) is 14.5. The number of alkyl halides is 3. The maximum absolute atomic E-state index is 12.4. The molecule has 0 unspecified atom stereocenters. The van der Waals surface area contributed by atoms with Crippen LogP contribution in [0.3, 0.4) is 0 Å². The normalized spacial score (nSPS) is 11.0. The third kappa shape index (κ3) is 3.85. The Morgan fingerprint density at radius 3 is 2.57 bits per heavy atom. The van der Waals surface area contributed by atoms with Crippen molar-refractivity contribution < 1.29 is 27.8 Å². The van der Waals surface area contributed by atoms with Crippen LogP contribution in [0.25, 0.3) is 11.1 Å². The van der Waals surface area contributed by atoms with Crippen LogP contribution < -0.4 is 10.1 Å². The zero-order valence-electron chi connectivity index (χ0n) is 10.4. The predicted molar refractivity (Wildman–Crippen MR) is 68.0 cm³/mol. The number of ether oxygens (including phenoxy) is 1. The monoisotopic (exact) mass is 298 g/mol. The van der Waals surface area contributed by atoms with E-state index in [0.29, 0.717) is 0 Å². The number of anilines is 1. The van der Waals surface area contributed by atoms with Crippen molar-refractivity contribution >= 4 is 11.8 Å². The highest BCUT2D eigenvalue weighted by Crippen LogP contribution is 2.36. The molecule has 0 aliphatic heterocycles. The van der Waals surface area contributed by atoms with Crippen LogP contribution in [-0.2, 0) is 0 Å². The first-order chi connectivity index (χ1) is 9.87. The third-order valence-corrected chi connectivity index (χ3v) is 2.47. The van der Waals surface area contributed by atoms with E-state index in [1.165, 1.54) is 36.7 Å². The summed E-state index contributed by atoms with van der Waals surface area (Å²) in [6.45, 7) is 0. The van der Waals surface area contributed by atoms with E-state index >= 15 is 0 Å². The fourth-order valence-electron chi connectivity index (χ4n) is 1.75. The summed E-state index contributed by atoms with van der Waals surface area (Å²) >= 11 is 0. The molecule has 8 heteroatoms.